The molecule has 0 amide bonds. The fraction of sp³-hybridized carbons (Fsp3) is 0.600. The normalized spacial score (nSPS) is 12.4. The molecule has 1 atom stereocenters. The van der Waals surface area contributed by atoms with Gasteiger partial charge in [0.2, 0.25) is 0 Å². The van der Waals surface area contributed by atoms with Gasteiger partial charge in [-0.05, 0) is 36.6 Å². The van der Waals surface area contributed by atoms with Gasteiger partial charge in [-0.15, -0.1) is 0 Å². The Kier molecular flexibility index (Phi) is 6.71. The Hall–Kier alpha value is -1.02. The van der Waals surface area contributed by atoms with Crippen LogP contribution in [0.1, 0.15) is 38.7 Å². The Bertz CT molecular complexity index is 294. The average molecular weight is 235 g/mol. The molecule has 2 heteroatoms. The first kappa shape index (κ1) is 14.0. The molecule has 1 unspecified atom stereocenters. The molecule has 96 valence electrons. The Morgan fingerprint density at radius 2 is 1.88 bits per heavy atom. The van der Waals surface area contributed by atoms with E-state index in [1.54, 1.807) is 7.11 Å². The zero-order chi connectivity index (χ0) is 12.5. The Morgan fingerprint density at radius 1 is 1.18 bits per heavy atom. The Morgan fingerprint density at radius 3 is 2.41 bits per heavy atom. The van der Waals surface area contributed by atoms with Gasteiger partial charge in [0.1, 0.15) is 5.75 Å². The van der Waals surface area contributed by atoms with Crippen LogP contribution in [0, 0.1) is 5.92 Å². The summed E-state index contributed by atoms with van der Waals surface area (Å²) in [6.07, 6.45) is 3.87. The van der Waals surface area contributed by atoms with E-state index in [0.29, 0.717) is 0 Å². The number of nitrogens with one attached hydrogen (secondary N) is 1. The number of hydrogen-bond donors (Lipinski definition) is 1. The van der Waals surface area contributed by atoms with E-state index < -0.39 is 0 Å². The molecule has 0 aromatic heterocycles. The quantitative estimate of drug-likeness (QED) is 0.743. The summed E-state index contributed by atoms with van der Waals surface area (Å²) in [5.41, 5.74) is 1.32. The summed E-state index contributed by atoms with van der Waals surface area (Å²) in [7, 11) is 1.70. The minimum atomic E-state index is 0.818. The van der Waals surface area contributed by atoms with Crippen molar-refractivity contribution in [2.45, 2.75) is 39.7 Å². The molecule has 1 aromatic carbocycles. The first-order valence-electron chi connectivity index (χ1n) is 6.63. The molecule has 0 aliphatic heterocycles. The summed E-state index contributed by atoms with van der Waals surface area (Å²) < 4.78 is 5.14. The fourth-order valence-electron chi connectivity index (χ4n) is 2.02. The van der Waals surface area contributed by atoms with Crippen molar-refractivity contribution in [1.82, 2.24) is 5.32 Å². The lowest BCUT2D eigenvalue weighted by Crippen LogP contribution is -2.22. The monoisotopic (exact) mass is 235 g/mol. The van der Waals surface area contributed by atoms with E-state index in [9.17, 15) is 0 Å². The lowest BCUT2D eigenvalue weighted by molar-refractivity contribution is 0.414. The smallest absolute Gasteiger partial charge is 0.118 e. The maximum absolute atomic E-state index is 5.14. The number of methoxy groups -OCH3 is 1. The molecule has 0 aliphatic rings. The predicted molar refractivity (Wildman–Crippen MR) is 73.4 cm³/mol. The van der Waals surface area contributed by atoms with Crippen molar-refractivity contribution in [1.29, 1.82) is 0 Å². The van der Waals surface area contributed by atoms with E-state index in [-0.39, 0.29) is 0 Å². The molecule has 17 heavy (non-hydrogen) atoms. The van der Waals surface area contributed by atoms with Crippen molar-refractivity contribution in [3.8, 4) is 5.75 Å². The second-order valence-corrected chi connectivity index (χ2v) is 4.54. The van der Waals surface area contributed by atoms with Gasteiger partial charge in [-0.2, -0.15) is 0 Å². The van der Waals surface area contributed by atoms with Gasteiger partial charge in [0, 0.05) is 6.54 Å². The topological polar surface area (TPSA) is 21.3 Å². The van der Waals surface area contributed by atoms with Gasteiger partial charge < -0.3 is 10.1 Å². The number of ether oxygens (including phenoxy) is 1. The fourth-order valence-corrected chi connectivity index (χ4v) is 2.02. The second-order valence-electron chi connectivity index (χ2n) is 4.54. The van der Waals surface area contributed by atoms with E-state index in [1.165, 1.54) is 24.8 Å². The lowest BCUT2D eigenvalue weighted by Gasteiger charge is -2.14. The van der Waals surface area contributed by atoms with Crippen molar-refractivity contribution >= 4 is 0 Å². The predicted octanol–water partition coefficient (Wildman–Crippen LogP) is 3.61. The van der Waals surface area contributed by atoms with Gasteiger partial charge in [0.25, 0.3) is 0 Å². The van der Waals surface area contributed by atoms with Gasteiger partial charge in [0.05, 0.1) is 7.11 Å². The second kappa shape index (κ2) is 8.13. The average Bonchev–Trinajstić information content (AvgIpc) is 2.38. The summed E-state index contributed by atoms with van der Waals surface area (Å²) in [6.45, 7) is 6.60. The molecule has 0 fully saturated rings. The van der Waals surface area contributed by atoms with E-state index in [1.807, 2.05) is 12.1 Å². The van der Waals surface area contributed by atoms with Crippen molar-refractivity contribution in [3.05, 3.63) is 29.8 Å². The number of hydrogen-bond acceptors (Lipinski definition) is 2. The molecule has 2 nitrogen and oxygen atoms in total. The standard InChI is InChI=1S/C15H25NO/c1-4-6-13(5-2)11-16-12-14-7-9-15(17-3)10-8-14/h7-10,13,16H,4-6,11-12H2,1-3H3. The summed E-state index contributed by atoms with van der Waals surface area (Å²) in [5, 5.41) is 3.53. The molecule has 0 saturated heterocycles. The highest BCUT2D eigenvalue weighted by Gasteiger charge is 2.04. The van der Waals surface area contributed by atoms with E-state index >= 15 is 0 Å². The van der Waals surface area contributed by atoms with Crippen LogP contribution in [-0.4, -0.2) is 13.7 Å². The maximum atomic E-state index is 5.14. The summed E-state index contributed by atoms with van der Waals surface area (Å²) >= 11 is 0. The van der Waals surface area contributed by atoms with E-state index in [0.717, 1.165) is 24.8 Å². The number of benzene rings is 1. The Labute approximate surface area is 105 Å². The molecule has 1 rings (SSSR count). The third-order valence-electron chi connectivity index (χ3n) is 3.20. The molecular weight excluding hydrogens is 210 g/mol. The third-order valence-corrected chi connectivity index (χ3v) is 3.20. The summed E-state index contributed by atoms with van der Waals surface area (Å²) in [4.78, 5) is 0. The van der Waals surface area contributed by atoms with E-state index in [2.05, 4.69) is 31.3 Å². The van der Waals surface area contributed by atoms with Crippen LogP contribution in [0.15, 0.2) is 24.3 Å². The highest BCUT2D eigenvalue weighted by Crippen LogP contribution is 2.12. The minimum Gasteiger partial charge on any atom is -0.497 e. The van der Waals surface area contributed by atoms with Crippen LogP contribution >= 0.6 is 0 Å². The van der Waals surface area contributed by atoms with Crippen molar-refractivity contribution in [2.24, 2.45) is 5.92 Å². The van der Waals surface area contributed by atoms with Crippen LogP contribution in [-0.2, 0) is 6.54 Å². The van der Waals surface area contributed by atoms with Crippen molar-refractivity contribution in [2.75, 3.05) is 13.7 Å². The zero-order valence-corrected chi connectivity index (χ0v) is 11.3. The number of rotatable bonds is 8. The SMILES string of the molecule is CCCC(CC)CNCc1ccc(OC)cc1. The molecule has 0 saturated carbocycles. The van der Waals surface area contributed by atoms with Crippen LogP contribution < -0.4 is 10.1 Å². The zero-order valence-electron chi connectivity index (χ0n) is 11.3. The molecular formula is C15H25NO. The van der Waals surface area contributed by atoms with Gasteiger partial charge in [-0.25, -0.2) is 0 Å². The van der Waals surface area contributed by atoms with Crippen LogP contribution in [0.4, 0.5) is 0 Å². The van der Waals surface area contributed by atoms with Crippen molar-refractivity contribution < 1.29 is 4.74 Å². The third kappa shape index (κ3) is 5.22. The molecule has 1 aromatic rings. The first-order chi connectivity index (χ1) is 8.30. The molecule has 0 bridgehead atoms. The first-order valence-corrected chi connectivity index (χ1v) is 6.63. The van der Waals surface area contributed by atoms with Crippen LogP contribution in [0.3, 0.4) is 0 Å². The molecule has 0 heterocycles. The van der Waals surface area contributed by atoms with E-state index in [4.69, 9.17) is 4.74 Å². The Balaban J connectivity index is 2.29. The molecule has 0 spiro atoms. The van der Waals surface area contributed by atoms with Gasteiger partial charge in [-0.3, -0.25) is 0 Å². The summed E-state index contributed by atoms with van der Waals surface area (Å²) in [5.74, 6) is 1.74. The van der Waals surface area contributed by atoms with Crippen molar-refractivity contribution in [3.63, 3.8) is 0 Å². The molecule has 0 aliphatic carbocycles. The molecule has 0 radical (unpaired) electrons. The maximum Gasteiger partial charge on any atom is 0.118 e. The summed E-state index contributed by atoms with van der Waals surface area (Å²) in [6, 6.07) is 8.26. The van der Waals surface area contributed by atoms with Crippen LogP contribution in [0.25, 0.3) is 0 Å². The highest BCUT2D eigenvalue weighted by atomic mass is 16.5. The van der Waals surface area contributed by atoms with Crippen LogP contribution in [0.5, 0.6) is 5.75 Å². The lowest BCUT2D eigenvalue weighted by atomic mass is 10.0. The van der Waals surface area contributed by atoms with Gasteiger partial charge in [-0.1, -0.05) is 38.8 Å². The van der Waals surface area contributed by atoms with Crippen LogP contribution in [0.2, 0.25) is 0 Å². The molecule has 1 N–H and O–H groups in total. The minimum absolute atomic E-state index is 0.818. The highest BCUT2D eigenvalue weighted by molar-refractivity contribution is 5.26. The largest absolute Gasteiger partial charge is 0.497 e. The van der Waals surface area contributed by atoms with Gasteiger partial charge in [0.15, 0.2) is 0 Å². The van der Waals surface area contributed by atoms with Gasteiger partial charge >= 0.3 is 0 Å².